The van der Waals surface area contributed by atoms with Gasteiger partial charge in [-0.2, -0.15) is 0 Å². The summed E-state index contributed by atoms with van der Waals surface area (Å²) in [6.45, 7) is 1.22. The number of quaternary nitrogens is 1. The Kier molecular flexibility index (Phi) is 2.89. The SMILES string of the molecule is C[N+](C)(C)CC[Se]. The molecule has 7 heavy (non-hydrogen) atoms. The average molecular weight is 166 g/mol. The van der Waals surface area contributed by atoms with Gasteiger partial charge in [-0.05, 0) is 0 Å². The summed E-state index contributed by atoms with van der Waals surface area (Å²) in [6.07, 6.45) is 0. The number of hydrogen-bond donors (Lipinski definition) is 0. The molecule has 43 valence electrons. The normalized spacial score (nSPS) is 12.0. The first-order chi connectivity index (χ1) is 3.06. The molecular formula is C5H13NSe+. The molecule has 1 nitrogen and oxygen atoms in total. The molecule has 0 N–H and O–H groups in total. The Hall–Kier alpha value is 0.479. The van der Waals surface area contributed by atoms with Gasteiger partial charge in [0.2, 0.25) is 0 Å². The molecule has 0 amide bonds. The first-order valence-electron chi connectivity index (χ1n) is 2.45. The van der Waals surface area contributed by atoms with Crippen LogP contribution in [0.25, 0.3) is 0 Å². The van der Waals surface area contributed by atoms with E-state index in [1.807, 2.05) is 0 Å². The van der Waals surface area contributed by atoms with Gasteiger partial charge in [-0.1, -0.05) is 0 Å². The Labute approximate surface area is 54.1 Å². The van der Waals surface area contributed by atoms with Gasteiger partial charge in [0.05, 0.1) is 0 Å². The van der Waals surface area contributed by atoms with Crippen LogP contribution in [-0.2, 0) is 0 Å². The van der Waals surface area contributed by atoms with Gasteiger partial charge in [-0.15, -0.1) is 0 Å². The molecule has 0 aliphatic rings. The molecule has 0 fully saturated rings. The third kappa shape index (κ3) is 6.48. The van der Waals surface area contributed by atoms with Crippen LogP contribution in [0.3, 0.4) is 0 Å². The van der Waals surface area contributed by atoms with Crippen molar-refractivity contribution in [3.8, 4) is 0 Å². The van der Waals surface area contributed by atoms with Crippen molar-refractivity contribution in [2.75, 3.05) is 27.7 Å². The van der Waals surface area contributed by atoms with Gasteiger partial charge in [0.1, 0.15) is 0 Å². The van der Waals surface area contributed by atoms with Gasteiger partial charge < -0.3 is 0 Å². The van der Waals surface area contributed by atoms with E-state index >= 15 is 0 Å². The van der Waals surface area contributed by atoms with Crippen molar-refractivity contribution in [1.29, 1.82) is 0 Å². The molecular weight excluding hydrogens is 153 g/mol. The van der Waals surface area contributed by atoms with Gasteiger partial charge in [0.15, 0.2) is 0 Å². The number of rotatable bonds is 2. The van der Waals surface area contributed by atoms with Crippen molar-refractivity contribution < 1.29 is 4.48 Å². The van der Waals surface area contributed by atoms with Crippen LogP contribution in [-0.4, -0.2) is 48.2 Å². The Morgan fingerprint density at radius 3 is 1.71 bits per heavy atom. The Morgan fingerprint density at radius 1 is 1.29 bits per heavy atom. The van der Waals surface area contributed by atoms with Crippen molar-refractivity contribution in [1.82, 2.24) is 0 Å². The van der Waals surface area contributed by atoms with Crippen LogP contribution >= 0.6 is 0 Å². The summed E-state index contributed by atoms with van der Waals surface area (Å²) in [5, 5.41) is 1.16. The first-order valence-corrected chi connectivity index (χ1v) is 3.66. The van der Waals surface area contributed by atoms with E-state index in [-0.39, 0.29) is 0 Å². The summed E-state index contributed by atoms with van der Waals surface area (Å²) >= 11 is 2.98. The van der Waals surface area contributed by atoms with Crippen LogP contribution in [0.15, 0.2) is 0 Å². The van der Waals surface area contributed by atoms with Crippen molar-refractivity contribution in [3.63, 3.8) is 0 Å². The van der Waals surface area contributed by atoms with Crippen molar-refractivity contribution >= 4 is 16.0 Å². The molecule has 0 aromatic rings. The minimum atomic E-state index is 1.06. The second-order valence-corrected chi connectivity index (χ2v) is 3.57. The molecule has 2 heteroatoms. The maximum atomic E-state index is 2.98. The van der Waals surface area contributed by atoms with Crippen molar-refractivity contribution in [3.05, 3.63) is 0 Å². The topological polar surface area (TPSA) is 0 Å². The Balaban J connectivity index is 3.15. The molecule has 0 aliphatic heterocycles. The third-order valence-electron chi connectivity index (χ3n) is 0.762. The van der Waals surface area contributed by atoms with Crippen LogP contribution in [0, 0.1) is 0 Å². The summed E-state index contributed by atoms with van der Waals surface area (Å²) in [6, 6.07) is 0. The molecule has 0 atom stereocenters. The summed E-state index contributed by atoms with van der Waals surface area (Å²) < 4.78 is 1.06. The van der Waals surface area contributed by atoms with E-state index < -0.39 is 0 Å². The van der Waals surface area contributed by atoms with Crippen LogP contribution in [0.1, 0.15) is 0 Å². The standard InChI is InChI=1S/C5H13NSe/c1-6(2,3)4-5-7/h4-5H2,1-3H3/q+1. The predicted molar refractivity (Wildman–Crippen MR) is 33.5 cm³/mol. The van der Waals surface area contributed by atoms with Crippen LogP contribution in [0.5, 0.6) is 0 Å². The molecule has 0 spiro atoms. The van der Waals surface area contributed by atoms with Crippen LogP contribution < -0.4 is 0 Å². The average Bonchev–Trinajstić information content (AvgIpc) is 1.30. The summed E-state index contributed by atoms with van der Waals surface area (Å²) in [5.41, 5.74) is 0. The van der Waals surface area contributed by atoms with E-state index in [2.05, 4.69) is 37.2 Å². The molecule has 0 saturated heterocycles. The van der Waals surface area contributed by atoms with Gasteiger partial charge in [0, 0.05) is 0 Å². The van der Waals surface area contributed by atoms with E-state index in [1.54, 1.807) is 0 Å². The van der Waals surface area contributed by atoms with Crippen molar-refractivity contribution in [2.24, 2.45) is 0 Å². The molecule has 0 rings (SSSR count). The molecule has 0 aromatic carbocycles. The first kappa shape index (κ1) is 7.48. The zero-order valence-corrected chi connectivity index (χ0v) is 6.98. The molecule has 1 radical (unpaired) electrons. The predicted octanol–water partition coefficient (Wildman–Crippen LogP) is 0.279. The monoisotopic (exact) mass is 167 g/mol. The van der Waals surface area contributed by atoms with Gasteiger partial charge >= 0.3 is 53.5 Å². The maximum absolute atomic E-state index is 2.98. The molecule has 0 bridgehead atoms. The quantitative estimate of drug-likeness (QED) is 0.408. The number of nitrogens with zero attached hydrogens (tertiary/aromatic N) is 1. The fourth-order valence-corrected chi connectivity index (χ4v) is 1.42. The Bertz CT molecular complexity index is 46.5. The Morgan fingerprint density at radius 2 is 1.71 bits per heavy atom. The van der Waals surface area contributed by atoms with E-state index in [4.69, 9.17) is 0 Å². The van der Waals surface area contributed by atoms with E-state index in [0.29, 0.717) is 0 Å². The van der Waals surface area contributed by atoms with Crippen LogP contribution in [0.2, 0.25) is 5.32 Å². The molecule has 0 unspecified atom stereocenters. The van der Waals surface area contributed by atoms with Crippen LogP contribution in [0.4, 0.5) is 0 Å². The van der Waals surface area contributed by atoms with Gasteiger partial charge in [-0.3, -0.25) is 0 Å². The second kappa shape index (κ2) is 2.71. The van der Waals surface area contributed by atoms with Crippen molar-refractivity contribution in [2.45, 2.75) is 5.32 Å². The van der Waals surface area contributed by atoms with Gasteiger partial charge in [-0.25, -0.2) is 0 Å². The summed E-state index contributed by atoms with van der Waals surface area (Å²) in [4.78, 5) is 0. The zero-order valence-electron chi connectivity index (χ0n) is 5.27. The molecule has 0 aromatic heterocycles. The molecule has 0 aliphatic carbocycles. The van der Waals surface area contributed by atoms with Gasteiger partial charge in [0.25, 0.3) is 0 Å². The zero-order chi connectivity index (χ0) is 5.91. The summed E-state index contributed by atoms with van der Waals surface area (Å²) in [7, 11) is 6.58. The number of hydrogen-bond acceptors (Lipinski definition) is 0. The summed E-state index contributed by atoms with van der Waals surface area (Å²) in [5.74, 6) is 0. The fraction of sp³-hybridized carbons (Fsp3) is 1.00. The molecule has 0 saturated carbocycles. The third-order valence-corrected chi connectivity index (χ3v) is 1.15. The van der Waals surface area contributed by atoms with E-state index in [0.717, 1.165) is 9.80 Å². The second-order valence-electron chi connectivity index (χ2n) is 2.72. The molecule has 0 heterocycles. The fourth-order valence-electron chi connectivity index (χ4n) is 0.274. The van der Waals surface area contributed by atoms with E-state index in [9.17, 15) is 0 Å². The van der Waals surface area contributed by atoms with E-state index in [1.165, 1.54) is 6.54 Å². The minimum absolute atomic E-state index is 1.06.